The number of fused-ring (bicyclic) bond motifs is 2. The highest BCUT2D eigenvalue weighted by molar-refractivity contribution is 5.95. The summed E-state index contributed by atoms with van der Waals surface area (Å²) in [6, 6.07) is 5.63. The lowest BCUT2D eigenvalue weighted by molar-refractivity contribution is 0.0753. The molecule has 114 valence electrons. The van der Waals surface area contributed by atoms with E-state index in [2.05, 4.69) is 5.43 Å². The van der Waals surface area contributed by atoms with Crippen LogP contribution in [0.2, 0.25) is 0 Å². The highest BCUT2D eigenvalue weighted by Crippen LogP contribution is 2.48. The van der Waals surface area contributed by atoms with E-state index in [0.29, 0.717) is 5.92 Å². The molecule has 2 fully saturated rings. The Morgan fingerprint density at radius 3 is 2.76 bits per heavy atom. The number of hydrazine groups is 1. The SMILES string of the molecule is Cc1cc(NN)ccc1C(=O)N(C)CC1CC2CCC1C2. The van der Waals surface area contributed by atoms with E-state index >= 15 is 0 Å². The molecule has 2 aliphatic carbocycles. The van der Waals surface area contributed by atoms with E-state index in [9.17, 15) is 4.79 Å². The van der Waals surface area contributed by atoms with Crippen LogP contribution in [-0.4, -0.2) is 24.4 Å². The van der Waals surface area contributed by atoms with Gasteiger partial charge in [0.15, 0.2) is 0 Å². The first-order chi connectivity index (χ1) is 10.1. The summed E-state index contributed by atoms with van der Waals surface area (Å²) in [4.78, 5) is 14.5. The molecule has 0 heterocycles. The Hall–Kier alpha value is -1.55. The number of nitrogens with one attached hydrogen (secondary N) is 1. The molecule has 2 aliphatic rings. The molecule has 0 spiro atoms. The van der Waals surface area contributed by atoms with Crippen LogP contribution in [0.15, 0.2) is 18.2 Å². The van der Waals surface area contributed by atoms with Crippen LogP contribution in [0.5, 0.6) is 0 Å². The number of hydrogen-bond donors (Lipinski definition) is 2. The van der Waals surface area contributed by atoms with E-state index < -0.39 is 0 Å². The third-order valence-electron chi connectivity index (χ3n) is 5.36. The molecule has 1 aromatic rings. The normalized spacial score (nSPS) is 26.9. The molecule has 4 nitrogen and oxygen atoms in total. The van der Waals surface area contributed by atoms with E-state index in [1.54, 1.807) is 0 Å². The number of nitrogens with zero attached hydrogens (tertiary/aromatic N) is 1. The van der Waals surface area contributed by atoms with Gasteiger partial charge in [-0.25, -0.2) is 0 Å². The maximum atomic E-state index is 12.6. The summed E-state index contributed by atoms with van der Waals surface area (Å²) < 4.78 is 0. The second kappa shape index (κ2) is 5.68. The smallest absolute Gasteiger partial charge is 0.253 e. The fourth-order valence-electron chi connectivity index (χ4n) is 4.23. The van der Waals surface area contributed by atoms with Crippen LogP contribution < -0.4 is 11.3 Å². The second-order valence-corrected chi connectivity index (χ2v) is 6.79. The molecule has 0 aliphatic heterocycles. The van der Waals surface area contributed by atoms with Crippen molar-refractivity contribution in [2.45, 2.75) is 32.6 Å². The van der Waals surface area contributed by atoms with Gasteiger partial charge in [0.25, 0.3) is 5.91 Å². The number of anilines is 1. The Morgan fingerprint density at radius 2 is 2.19 bits per heavy atom. The molecular formula is C17H25N3O. The van der Waals surface area contributed by atoms with Gasteiger partial charge in [-0.3, -0.25) is 10.6 Å². The predicted octanol–water partition coefficient (Wildman–Crippen LogP) is 2.79. The standard InChI is InChI=1S/C17H25N3O/c1-11-7-15(19-18)5-6-16(11)17(21)20(2)10-14-9-12-3-4-13(14)8-12/h5-7,12-14,19H,3-4,8-10,18H2,1-2H3. The lowest BCUT2D eigenvalue weighted by atomic mass is 9.88. The van der Waals surface area contributed by atoms with Gasteiger partial charge in [0, 0.05) is 24.8 Å². The number of amides is 1. The Balaban J connectivity index is 1.67. The first kappa shape index (κ1) is 14.4. The predicted molar refractivity (Wildman–Crippen MR) is 84.9 cm³/mol. The van der Waals surface area contributed by atoms with Gasteiger partial charge in [-0.05, 0) is 67.7 Å². The lowest BCUT2D eigenvalue weighted by Gasteiger charge is -2.27. The first-order valence-electron chi connectivity index (χ1n) is 7.91. The van der Waals surface area contributed by atoms with Crippen molar-refractivity contribution >= 4 is 11.6 Å². The summed E-state index contributed by atoms with van der Waals surface area (Å²) in [5.41, 5.74) is 5.19. The van der Waals surface area contributed by atoms with Crippen molar-refractivity contribution in [3.05, 3.63) is 29.3 Å². The number of carbonyl (C=O) groups is 1. The van der Waals surface area contributed by atoms with E-state index in [-0.39, 0.29) is 5.91 Å². The van der Waals surface area contributed by atoms with Crippen molar-refractivity contribution in [3.63, 3.8) is 0 Å². The number of nitrogens with two attached hydrogens (primary N) is 1. The van der Waals surface area contributed by atoms with E-state index in [1.807, 2.05) is 37.1 Å². The maximum Gasteiger partial charge on any atom is 0.253 e. The Morgan fingerprint density at radius 1 is 1.38 bits per heavy atom. The molecule has 0 radical (unpaired) electrons. The summed E-state index contributed by atoms with van der Waals surface area (Å²) >= 11 is 0. The molecule has 1 amide bonds. The monoisotopic (exact) mass is 287 g/mol. The van der Waals surface area contributed by atoms with Gasteiger partial charge in [-0.15, -0.1) is 0 Å². The van der Waals surface area contributed by atoms with Crippen molar-refractivity contribution in [3.8, 4) is 0 Å². The van der Waals surface area contributed by atoms with Crippen LogP contribution in [0, 0.1) is 24.7 Å². The van der Waals surface area contributed by atoms with Crippen LogP contribution >= 0.6 is 0 Å². The molecular weight excluding hydrogens is 262 g/mol. The fourth-order valence-corrected chi connectivity index (χ4v) is 4.23. The maximum absolute atomic E-state index is 12.6. The summed E-state index contributed by atoms with van der Waals surface area (Å²) in [6.07, 6.45) is 5.48. The molecule has 0 saturated heterocycles. The minimum Gasteiger partial charge on any atom is -0.341 e. The number of benzene rings is 1. The van der Waals surface area contributed by atoms with Gasteiger partial charge in [0.05, 0.1) is 0 Å². The van der Waals surface area contributed by atoms with Gasteiger partial charge < -0.3 is 10.3 Å². The molecule has 1 aromatic carbocycles. The number of rotatable bonds is 4. The van der Waals surface area contributed by atoms with Crippen molar-refractivity contribution < 1.29 is 4.79 Å². The zero-order chi connectivity index (χ0) is 15.0. The van der Waals surface area contributed by atoms with E-state index in [0.717, 1.165) is 35.2 Å². The highest BCUT2D eigenvalue weighted by Gasteiger charge is 2.40. The van der Waals surface area contributed by atoms with Crippen molar-refractivity contribution in [1.82, 2.24) is 4.90 Å². The summed E-state index contributed by atoms with van der Waals surface area (Å²) in [7, 11) is 1.93. The van der Waals surface area contributed by atoms with Crippen LogP contribution in [0.3, 0.4) is 0 Å². The van der Waals surface area contributed by atoms with Crippen molar-refractivity contribution in [2.24, 2.45) is 23.6 Å². The largest absolute Gasteiger partial charge is 0.341 e. The number of nitrogen functional groups attached to an aromatic ring is 1. The van der Waals surface area contributed by atoms with Gasteiger partial charge in [0.2, 0.25) is 0 Å². The van der Waals surface area contributed by atoms with Crippen molar-refractivity contribution in [2.75, 3.05) is 19.0 Å². The van der Waals surface area contributed by atoms with Gasteiger partial charge in [0.1, 0.15) is 0 Å². The quantitative estimate of drug-likeness (QED) is 0.661. The highest BCUT2D eigenvalue weighted by atomic mass is 16.2. The summed E-state index contributed by atoms with van der Waals surface area (Å²) in [5, 5.41) is 0. The fraction of sp³-hybridized carbons (Fsp3) is 0.588. The van der Waals surface area contributed by atoms with Crippen molar-refractivity contribution in [1.29, 1.82) is 0 Å². The third kappa shape index (κ3) is 2.77. The van der Waals surface area contributed by atoms with Crippen LogP contribution in [0.1, 0.15) is 41.6 Å². The van der Waals surface area contributed by atoms with Gasteiger partial charge in [-0.1, -0.05) is 6.42 Å². The van der Waals surface area contributed by atoms with Crippen LogP contribution in [0.4, 0.5) is 5.69 Å². The summed E-state index contributed by atoms with van der Waals surface area (Å²) in [6.45, 7) is 2.86. The van der Waals surface area contributed by atoms with Crippen LogP contribution in [-0.2, 0) is 0 Å². The van der Waals surface area contributed by atoms with Crippen LogP contribution in [0.25, 0.3) is 0 Å². The molecule has 0 aromatic heterocycles. The molecule has 2 saturated carbocycles. The molecule has 21 heavy (non-hydrogen) atoms. The van der Waals surface area contributed by atoms with E-state index in [1.165, 1.54) is 25.7 Å². The molecule has 4 heteroatoms. The average molecular weight is 287 g/mol. The lowest BCUT2D eigenvalue weighted by Crippen LogP contribution is -2.34. The molecule has 3 unspecified atom stereocenters. The topological polar surface area (TPSA) is 58.4 Å². The zero-order valence-electron chi connectivity index (χ0n) is 12.9. The minimum atomic E-state index is 0.124. The zero-order valence-corrected chi connectivity index (χ0v) is 12.9. The van der Waals surface area contributed by atoms with Gasteiger partial charge >= 0.3 is 0 Å². The Kier molecular flexibility index (Phi) is 3.89. The number of aryl methyl sites for hydroxylation is 1. The molecule has 3 rings (SSSR count). The first-order valence-corrected chi connectivity index (χ1v) is 7.91. The van der Waals surface area contributed by atoms with E-state index in [4.69, 9.17) is 5.84 Å². The summed E-state index contributed by atoms with van der Waals surface area (Å²) in [5.74, 6) is 8.03. The third-order valence-corrected chi connectivity index (χ3v) is 5.36. The number of hydrogen-bond acceptors (Lipinski definition) is 3. The minimum absolute atomic E-state index is 0.124. The molecule has 3 N–H and O–H groups in total. The number of carbonyl (C=O) groups excluding carboxylic acids is 1. The molecule has 2 bridgehead atoms. The second-order valence-electron chi connectivity index (χ2n) is 6.79. The van der Waals surface area contributed by atoms with Gasteiger partial charge in [-0.2, -0.15) is 0 Å². The Labute approximate surface area is 126 Å². The molecule has 3 atom stereocenters. The Bertz CT molecular complexity index is 543. The average Bonchev–Trinajstić information content (AvgIpc) is 3.08.